The first-order valence-corrected chi connectivity index (χ1v) is 6.32. The maximum Gasteiger partial charge on any atom is 0.138 e. The number of rotatable bonds is 6. The molecular formula is C14H23NO2. The van der Waals surface area contributed by atoms with Gasteiger partial charge in [0.15, 0.2) is 0 Å². The zero-order valence-corrected chi connectivity index (χ0v) is 11.2. The lowest BCUT2D eigenvalue weighted by atomic mass is 9.97. The summed E-state index contributed by atoms with van der Waals surface area (Å²) in [5.41, 5.74) is 0.837. The molecule has 1 heterocycles. The van der Waals surface area contributed by atoms with Crippen molar-refractivity contribution in [2.24, 2.45) is 5.92 Å². The molecule has 0 aliphatic rings. The van der Waals surface area contributed by atoms with E-state index in [1.807, 2.05) is 19.9 Å². The molecule has 0 amide bonds. The maximum atomic E-state index is 10.1. The number of aliphatic hydroxyl groups is 1. The van der Waals surface area contributed by atoms with Crippen LogP contribution in [-0.2, 0) is 0 Å². The predicted molar refractivity (Wildman–Crippen MR) is 69.0 cm³/mol. The Morgan fingerprint density at radius 1 is 1.29 bits per heavy atom. The standard InChI is InChI=1S/C14H23NO2/c1-5-11(4)6-14(16)12-7-13(9-15-8-12)17-10(2)3/h7-11,14,16H,5-6H2,1-4H3. The average molecular weight is 237 g/mol. The molecule has 0 aromatic carbocycles. The van der Waals surface area contributed by atoms with Crippen molar-refractivity contribution >= 4 is 0 Å². The Bertz CT molecular complexity index is 339. The number of hydrogen-bond donors (Lipinski definition) is 1. The molecule has 1 N–H and O–H groups in total. The van der Waals surface area contributed by atoms with Gasteiger partial charge in [0.25, 0.3) is 0 Å². The third kappa shape index (κ3) is 4.73. The molecule has 1 rings (SSSR count). The zero-order valence-electron chi connectivity index (χ0n) is 11.2. The maximum absolute atomic E-state index is 10.1. The second kappa shape index (κ2) is 6.60. The van der Waals surface area contributed by atoms with Crippen molar-refractivity contribution in [3.63, 3.8) is 0 Å². The molecule has 3 nitrogen and oxygen atoms in total. The van der Waals surface area contributed by atoms with Gasteiger partial charge in [-0.15, -0.1) is 0 Å². The molecular weight excluding hydrogens is 214 g/mol. The summed E-state index contributed by atoms with van der Waals surface area (Å²) in [5, 5.41) is 10.1. The quantitative estimate of drug-likeness (QED) is 0.825. The summed E-state index contributed by atoms with van der Waals surface area (Å²) in [7, 11) is 0. The van der Waals surface area contributed by atoms with Gasteiger partial charge in [-0.25, -0.2) is 0 Å². The Kier molecular flexibility index (Phi) is 5.42. The van der Waals surface area contributed by atoms with E-state index in [0.717, 1.165) is 24.2 Å². The summed E-state index contributed by atoms with van der Waals surface area (Å²) in [6.45, 7) is 8.23. The third-order valence-electron chi connectivity index (χ3n) is 2.81. The minimum atomic E-state index is -0.451. The van der Waals surface area contributed by atoms with Crippen LogP contribution in [0.3, 0.4) is 0 Å². The van der Waals surface area contributed by atoms with Crippen molar-refractivity contribution < 1.29 is 9.84 Å². The molecule has 0 saturated heterocycles. The number of nitrogens with zero attached hydrogens (tertiary/aromatic N) is 1. The van der Waals surface area contributed by atoms with Gasteiger partial charge in [0.2, 0.25) is 0 Å². The first-order valence-electron chi connectivity index (χ1n) is 6.32. The van der Waals surface area contributed by atoms with Gasteiger partial charge in [0.1, 0.15) is 5.75 Å². The lowest BCUT2D eigenvalue weighted by Crippen LogP contribution is -2.08. The molecule has 0 fully saturated rings. The van der Waals surface area contributed by atoms with Crippen LogP contribution in [0.1, 0.15) is 52.2 Å². The summed E-state index contributed by atoms with van der Waals surface area (Å²) >= 11 is 0. The second-order valence-corrected chi connectivity index (χ2v) is 4.89. The van der Waals surface area contributed by atoms with E-state index in [1.165, 1.54) is 0 Å². The lowest BCUT2D eigenvalue weighted by molar-refractivity contribution is 0.145. The number of ether oxygens (including phenoxy) is 1. The fourth-order valence-electron chi connectivity index (χ4n) is 1.64. The number of hydrogen-bond acceptors (Lipinski definition) is 3. The first kappa shape index (κ1) is 14.0. The second-order valence-electron chi connectivity index (χ2n) is 4.89. The van der Waals surface area contributed by atoms with E-state index in [2.05, 4.69) is 18.8 Å². The molecule has 0 saturated carbocycles. The minimum Gasteiger partial charge on any atom is -0.489 e. The Hall–Kier alpha value is -1.09. The summed E-state index contributed by atoms with van der Waals surface area (Å²) in [6, 6.07) is 1.88. The Morgan fingerprint density at radius 2 is 2.00 bits per heavy atom. The van der Waals surface area contributed by atoms with E-state index in [4.69, 9.17) is 4.74 Å². The van der Waals surface area contributed by atoms with Crippen LogP contribution in [0.5, 0.6) is 5.75 Å². The molecule has 0 aliphatic heterocycles. The predicted octanol–water partition coefficient (Wildman–Crippen LogP) is 3.34. The van der Waals surface area contributed by atoms with Crippen molar-refractivity contribution in [2.75, 3.05) is 0 Å². The first-order chi connectivity index (χ1) is 8.02. The monoisotopic (exact) mass is 237 g/mol. The molecule has 3 heteroatoms. The average Bonchev–Trinajstić information content (AvgIpc) is 2.28. The number of aliphatic hydroxyl groups excluding tert-OH is 1. The van der Waals surface area contributed by atoms with Crippen molar-refractivity contribution in [3.8, 4) is 5.75 Å². The van der Waals surface area contributed by atoms with Gasteiger partial charge in [-0.3, -0.25) is 4.98 Å². The van der Waals surface area contributed by atoms with Gasteiger partial charge in [-0.05, 0) is 32.3 Å². The van der Waals surface area contributed by atoms with Crippen LogP contribution >= 0.6 is 0 Å². The van der Waals surface area contributed by atoms with E-state index >= 15 is 0 Å². The Balaban J connectivity index is 2.70. The number of aromatic nitrogens is 1. The van der Waals surface area contributed by atoms with Crippen molar-refractivity contribution in [1.82, 2.24) is 4.98 Å². The highest BCUT2D eigenvalue weighted by Gasteiger charge is 2.12. The Labute approximate surface area is 104 Å². The molecule has 96 valence electrons. The molecule has 1 aromatic heterocycles. The Morgan fingerprint density at radius 3 is 2.59 bits per heavy atom. The minimum absolute atomic E-state index is 0.124. The summed E-state index contributed by atoms with van der Waals surface area (Å²) < 4.78 is 5.56. The van der Waals surface area contributed by atoms with E-state index < -0.39 is 6.10 Å². The fraction of sp³-hybridized carbons (Fsp3) is 0.643. The van der Waals surface area contributed by atoms with Crippen LogP contribution < -0.4 is 4.74 Å². The summed E-state index contributed by atoms with van der Waals surface area (Å²) in [6.07, 6.45) is 4.90. The molecule has 2 unspecified atom stereocenters. The third-order valence-corrected chi connectivity index (χ3v) is 2.81. The van der Waals surface area contributed by atoms with Gasteiger partial charge in [0.05, 0.1) is 18.4 Å². The van der Waals surface area contributed by atoms with Crippen LogP contribution in [0.25, 0.3) is 0 Å². The number of pyridine rings is 1. The normalized spacial score (nSPS) is 14.7. The van der Waals surface area contributed by atoms with Gasteiger partial charge in [0, 0.05) is 11.8 Å². The van der Waals surface area contributed by atoms with E-state index in [0.29, 0.717) is 5.92 Å². The van der Waals surface area contributed by atoms with Gasteiger partial charge in [-0.2, -0.15) is 0 Å². The highest BCUT2D eigenvalue weighted by molar-refractivity contribution is 5.25. The lowest BCUT2D eigenvalue weighted by Gasteiger charge is -2.16. The van der Waals surface area contributed by atoms with Gasteiger partial charge in [-0.1, -0.05) is 20.3 Å². The van der Waals surface area contributed by atoms with Gasteiger partial charge >= 0.3 is 0 Å². The van der Waals surface area contributed by atoms with Crippen LogP contribution in [0.15, 0.2) is 18.5 Å². The zero-order chi connectivity index (χ0) is 12.8. The van der Waals surface area contributed by atoms with E-state index in [9.17, 15) is 5.11 Å². The van der Waals surface area contributed by atoms with Crippen LogP contribution in [0, 0.1) is 5.92 Å². The highest BCUT2D eigenvalue weighted by Crippen LogP contribution is 2.25. The van der Waals surface area contributed by atoms with E-state index in [1.54, 1.807) is 12.4 Å². The van der Waals surface area contributed by atoms with Crippen molar-refractivity contribution in [2.45, 2.75) is 52.7 Å². The molecule has 2 atom stereocenters. The topological polar surface area (TPSA) is 42.4 Å². The molecule has 17 heavy (non-hydrogen) atoms. The molecule has 0 radical (unpaired) electrons. The van der Waals surface area contributed by atoms with Crippen LogP contribution in [-0.4, -0.2) is 16.2 Å². The van der Waals surface area contributed by atoms with E-state index in [-0.39, 0.29) is 6.10 Å². The summed E-state index contributed by atoms with van der Waals surface area (Å²) in [4.78, 5) is 4.11. The smallest absolute Gasteiger partial charge is 0.138 e. The molecule has 0 bridgehead atoms. The summed E-state index contributed by atoms with van der Waals surface area (Å²) in [5.74, 6) is 1.24. The van der Waals surface area contributed by atoms with Crippen molar-refractivity contribution in [3.05, 3.63) is 24.0 Å². The van der Waals surface area contributed by atoms with Crippen molar-refractivity contribution in [1.29, 1.82) is 0 Å². The molecule has 0 aliphatic carbocycles. The van der Waals surface area contributed by atoms with Gasteiger partial charge < -0.3 is 9.84 Å². The molecule has 1 aromatic rings. The SMILES string of the molecule is CCC(C)CC(O)c1cncc(OC(C)C)c1. The fourth-order valence-corrected chi connectivity index (χ4v) is 1.64. The highest BCUT2D eigenvalue weighted by atomic mass is 16.5. The van der Waals surface area contributed by atoms with Crippen LogP contribution in [0.4, 0.5) is 0 Å². The van der Waals surface area contributed by atoms with Crippen LogP contribution in [0.2, 0.25) is 0 Å². The largest absolute Gasteiger partial charge is 0.489 e. The molecule has 0 spiro atoms.